The predicted octanol–water partition coefficient (Wildman–Crippen LogP) is 4.03. The molecule has 0 radical (unpaired) electrons. The second-order valence-electron chi connectivity index (χ2n) is 8.62. The number of aryl methyl sites for hydroxylation is 2. The Morgan fingerprint density at radius 1 is 1.27 bits per heavy atom. The number of benzene rings is 1. The summed E-state index contributed by atoms with van der Waals surface area (Å²) in [6.45, 7) is 13.1. The van der Waals surface area contributed by atoms with Gasteiger partial charge in [0, 0.05) is 37.9 Å². The van der Waals surface area contributed by atoms with Crippen molar-refractivity contribution in [1.29, 1.82) is 0 Å². The van der Waals surface area contributed by atoms with E-state index >= 15 is 0 Å². The fourth-order valence-corrected chi connectivity index (χ4v) is 4.56. The van der Waals surface area contributed by atoms with E-state index in [0.29, 0.717) is 40.9 Å². The molecule has 8 heteroatoms. The Morgan fingerprint density at radius 2 is 2.12 bits per heavy atom. The number of anilines is 2. The molecule has 1 aromatic carbocycles. The quantitative estimate of drug-likeness (QED) is 0.406. The van der Waals surface area contributed by atoms with E-state index in [1.54, 1.807) is 13.8 Å². The molecule has 1 aliphatic rings. The molecule has 3 heterocycles. The third kappa shape index (κ3) is 5.11. The molecular formula is C25H33N5O3. The van der Waals surface area contributed by atoms with Crippen molar-refractivity contribution >= 4 is 28.6 Å². The van der Waals surface area contributed by atoms with Crippen molar-refractivity contribution in [3.8, 4) is 0 Å². The number of esters is 1. The molecule has 1 atom stereocenters. The Labute approximate surface area is 194 Å². The summed E-state index contributed by atoms with van der Waals surface area (Å²) in [4.78, 5) is 26.0. The zero-order valence-electron chi connectivity index (χ0n) is 19.9. The number of carbonyl (C=O) groups is 1. The number of hydrogen-bond donors (Lipinski definition) is 1. The molecule has 176 valence electrons. The third-order valence-corrected chi connectivity index (χ3v) is 6.13. The van der Waals surface area contributed by atoms with Crippen molar-refractivity contribution in [2.24, 2.45) is 0 Å². The van der Waals surface area contributed by atoms with Crippen LogP contribution >= 0.6 is 0 Å². The number of carbonyl (C=O) groups excluding carboxylic acids is 1. The maximum absolute atomic E-state index is 12.4. The molecule has 0 amide bonds. The van der Waals surface area contributed by atoms with Crippen LogP contribution in [0.1, 0.15) is 41.9 Å². The van der Waals surface area contributed by atoms with Crippen LogP contribution in [-0.4, -0.2) is 66.2 Å². The summed E-state index contributed by atoms with van der Waals surface area (Å²) < 4.78 is 10.9. The molecule has 0 spiro atoms. The number of rotatable bonds is 8. The highest BCUT2D eigenvalue weighted by Gasteiger charge is 2.25. The molecule has 2 aromatic heterocycles. The Balaban J connectivity index is 1.33. The van der Waals surface area contributed by atoms with Gasteiger partial charge in [-0.15, -0.1) is 0 Å². The standard InChI is InChI=1S/C25H33N5O3/c1-5-32-25(31)21-19(4)33-24-22(21)23(27-16-28-24)26-10-7-11-29-12-13-30(18(3)15-29)20-9-6-8-17(2)14-20/h6,8-9,14,16,18H,5,7,10-13,15H2,1-4H3,(H,26,27,28)/t18-/m1/s1. The Kier molecular flexibility index (Phi) is 7.13. The van der Waals surface area contributed by atoms with Gasteiger partial charge in [-0.25, -0.2) is 14.8 Å². The number of ether oxygens (including phenoxy) is 1. The van der Waals surface area contributed by atoms with Crippen LogP contribution in [0.4, 0.5) is 11.5 Å². The van der Waals surface area contributed by atoms with Gasteiger partial charge in [0.1, 0.15) is 23.5 Å². The van der Waals surface area contributed by atoms with Crippen LogP contribution in [0, 0.1) is 13.8 Å². The molecule has 0 saturated carbocycles. The van der Waals surface area contributed by atoms with Crippen LogP contribution < -0.4 is 10.2 Å². The first-order valence-electron chi connectivity index (χ1n) is 11.7. The number of hydrogen-bond acceptors (Lipinski definition) is 8. The van der Waals surface area contributed by atoms with Crippen molar-refractivity contribution in [1.82, 2.24) is 14.9 Å². The summed E-state index contributed by atoms with van der Waals surface area (Å²) >= 11 is 0. The molecule has 1 saturated heterocycles. The molecule has 3 aromatic rings. The lowest BCUT2D eigenvalue weighted by Crippen LogP contribution is -2.52. The zero-order chi connectivity index (χ0) is 23.4. The first kappa shape index (κ1) is 23.0. The van der Waals surface area contributed by atoms with Crippen LogP contribution in [0.15, 0.2) is 35.0 Å². The minimum atomic E-state index is -0.410. The van der Waals surface area contributed by atoms with Gasteiger partial charge in [-0.1, -0.05) is 12.1 Å². The molecule has 8 nitrogen and oxygen atoms in total. The lowest BCUT2D eigenvalue weighted by atomic mass is 10.1. The van der Waals surface area contributed by atoms with Gasteiger partial charge < -0.3 is 19.4 Å². The normalized spacial score (nSPS) is 16.8. The number of fused-ring (bicyclic) bond motifs is 1. The summed E-state index contributed by atoms with van der Waals surface area (Å²) in [6.07, 6.45) is 2.42. The van der Waals surface area contributed by atoms with Gasteiger partial charge in [0.15, 0.2) is 0 Å². The maximum atomic E-state index is 12.4. The predicted molar refractivity (Wildman–Crippen MR) is 130 cm³/mol. The summed E-state index contributed by atoms with van der Waals surface area (Å²) in [6, 6.07) is 9.21. The number of aromatic nitrogens is 2. The van der Waals surface area contributed by atoms with Crippen LogP contribution in [0.5, 0.6) is 0 Å². The number of nitrogens with one attached hydrogen (secondary N) is 1. The fourth-order valence-electron chi connectivity index (χ4n) is 4.56. The van der Waals surface area contributed by atoms with E-state index < -0.39 is 5.97 Å². The largest absolute Gasteiger partial charge is 0.462 e. The molecule has 4 rings (SSSR count). The minimum Gasteiger partial charge on any atom is -0.462 e. The van der Waals surface area contributed by atoms with Crippen molar-refractivity contribution in [2.45, 2.75) is 40.2 Å². The van der Waals surface area contributed by atoms with Gasteiger partial charge in [0.2, 0.25) is 5.71 Å². The Bertz CT molecular complexity index is 1110. The molecule has 1 aliphatic heterocycles. The summed E-state index contributed by atoms with van der Waals surface area (Å²) in [5.41, 5.74) is 3.40. The molecule has 0 unspecified atom stereocenters. The molecule has 1 fully saturated rings. The molecule has 0 aliphatic carbocycles. The van der Waals surface area contributed by atoms with Gasteiger partial charge in [-0.05, 0) is 58.4 Å². The Hall–Kier alpha value is -3.13. The SMILES string of the molecule is CCOC(=O)c1c(C)oc2ncnc(NCCCN3CCN(c4cccc(C)c4)[C@H](C)C3)c12. The van der Waals surface area contributed by atoms with E-state index in [1.807, 2.05) is 0 Å². The molecule has 1 N–H and O–H groups in total. The van der Waals surface area contributed by atoms with E-state index in [2.05, 4.69) is 63.2 Å². The second-order valence-corrected chi connectivity index (χ2v) is 8.62. The van der Waals surface area contributed by atoms with Gasteiger partial charge in [0.25, 0.3) is 0 Å². The minimum absolute atomic E-state index is 0.303. The highest BCUT2D eigenvalue weighted by Crippen LogP contribution is 2.29. The number of furan rings is 1. The zero-order valence-corrected chi connectivity index (χ0v) is 19.9. The van der Waals surface area contributed by atoms with Crippen molar-refractivity contribution < 1.29 is 13.9 Å². The molecular weight excluding hydrogens is 418 g/mol. The van der Waals surface area contributed by atoms with Gasteiger partial charge in [-0.3, -0.25) is 4.90 Å². The fraction of sp³-hybridized carbons (Fsp3) is 0.480. The van der Waals surface area contributed by atoms with Crippen LogP contribution in [0.25, 0.3) is 11.1 Å². The maximum Gasteiger partial charge on any atom is 0.342 e. The summed E-state index contributed by atoms with van der Waals surface area (Å²) in [5, 5.41) is 3.97. The topological polar surface area (TPSA) is 83.7 Å². The van der Waals surface area contributed by atoms with Gasteiger partial charge in [-0.2, -0.15) is 0 Å². The second kappa shape index (κ2) is 10.2. The third-order valence-electron chi connectivity index (χ3n) is 6.13. The first-order valence-corrected chi connectivity index (χ1v) is 11.7. The van der Waals surface area contributed by atoms with Gasteiger partial charge >= 0.3 is 5.97 Å². The van der Waals surface area contributed by atoms with E-state index in [4.69, 9.17) is 9.15 Å². The van der Waals surface area contributed by atoms with Crippen molar-refractivity contribution in [2.75, 3.05) is 49.5 Å². The number of nitrogens with zero attached hydrogens (tertiary/aromatic N) is 4. The smallest absolute Gasteiger partial charge is 0.342 e. The van der Waals surface area contributed by atoms with Gasteiger partial charge in [0.05, 0.1) is 12.0 Å². The van der Waals surface area contributed by atoms with Crippen molar-refractivity contribution in [3.05, 3.63) is 47.5 Å². The highest BCUT2D eigenvalue weighted by atomic mass is 16.5. The van der Waals surface area contributed by atoms with E-state index in [-0.39, 0.29) is 0 Å². The lowest BCUT2D eigenvalue weighted by molar-refractivity contribution is 0.0526. The number of piperazine rings is 1. The van der Waals surface area contributed by atoms with Crippen LogP contribution in [0.2, 0.25) is 0 Å². The van der Waals surface area contributed by atoms with Crippen LogP contribution in [0.3, 0.4) is 0 Å². The van der Waals surface area contributed by atoms with Crippen molar-refractivity contribution in [3.63, 3.8) is 0 Å². The van der Waals surface area contributed by atoms with Crippen LogP contribution in [-0.2, 0) is 4.74 Å². The highest BCUT2D eigenvalue weighted by molar-refractivity contribution is 6.07. The summed E-state index contributed by atoms with van der Waals surface area (Å²) in [5.74, 6) is 0.692. The van der Waals surface area contributed by atoms with E-state index in [9.17, 15) is 4.79 Å². The lowest BCUT2D eigenvalue weighted by Gasteiger charge is -2.41. The Morgan fingerprint density at radius 3 is 2.88 bits per heavy atom. The first-order chi connectivity index (χ1) is 16.0. The average Bonchev–Trinajstić information content (AvgIpc) is 3.13. The average molecular weight is 452 g/mol. The summed E-state index contributed by atoms with van der Waals surface area (Å²) in [7, 11) is 0. The van der Waals surface area contributed by atoms with E-state index in [0.717, 1.165) is 39.1 Å². The molecule has 0 bridgehead atoms. The monoisotopic (exact) mass is 451 g/mol. The molecule has 33 heavy (non-hydrogen) atoms. The van der Waals surface area contributed by atoms with E-state index in [1.165, 1.54) is 17.6 Å².